The van der Waals surface area contributed by atoms with Crippen LogP contribution in [0.15, 0.2) is 46.5 Å². The number of aliphatic hydroxyl groups excluding tert-OH is 1. The molecule has 3 aliphatic rings. The molecule has 0 saturated carbocycles. The molecule has 6 heteroatoms. The summed E-state index contributed by atoms with van der Waals surface area (Å²) in [4.78, 5) is 38.3. The smallest absolute Gasteiger partial charge is 0.188 e. The quantitative estimate of drug-likeness (QED) is 0.503. The molecule has 6 nitrogen and oxygen atoms in total. The number of unbranched alkanes of at least 4 members (excludes halogenated alkanes) is 3. The van der Waals surface area contributed by atoms with Gasteiger partial charge in [0.05, 0.1) is 17.9 Å². The highest BCUT2D eigenvalue weighted by molar-refractivity contribution is 6.03. The minimum atomic E-state index is -1.71. The maximum atomic E-state index is 13.0. The van der Waals surface area contributed by atoms with Crippen molar-refractivity contribution in [3.8, 4) is 0 Å². The Morgan fingerprint density at radius 3 is 2.61 bits per heavy atom. The molecule has 0 fully saturated rings. The maximum absolute atomic E-state index is 13.0. The van der Waals surface area contributed by atoms with Crippen LogP contribution in [-0.4, -0.2) is 39.3 Å². The van der Waals surface area contributed by atoms with E-state index >= 15 is 0 Å². The van der Waals surface area contributed by atoms with Crippen LogP contribution in [0.1, 0.15) is 79.1 Å². The van der Waals surface area contributed by atoms with Crippen molar-refractivity contribution in [2.75, 3.05) is 0 Å². The van der Waals surface area contributed by atoms with Crippen LogP contribution in [-0.2, 0) is 19.1 Å². The number of carbonyl (C=O) groups excluding carboxylic acids is 3. The summed E-state index contributed by atoms with van der Waals surface area (Å²) >= 11 is 0. The van der Waals surface area contributed by atoms with E-state index in [-0.39, 0.29) is 30.3 Å². The van der Waals surface area contributed by atoms with Crippen LogP contribution in [0.5, 0.6) is 0 Å². The number of allylic oxidation sites excluding steroid dienone is 3. The van der Waals surface area contributed by atoms with Crippen molar-refractivity contribution in [3.63, 3.8) is 0 Å². The number of ketones is 3. The van der Waals surface area contributed by atoms with Gasteiger partial charge in [-0.25, -0.2) is 0 Å². The van der Waals surface area contributed by atoms with E-state index in [2.05, 4.69) is 6.92 Å². The molecule has 0 spiro atoms. The first-order valence-corrected chi connectivity index (χ1v) is 12.1. The first-order chi connectivity index (χ1) is 15.6. The Kier molecular flexibility index (Phi) is 7.91. The molecule has 1 heterocycles. The molecule has 0 bridgehead atoms. The number of hydrogen-bond acceptors (Lipinski definition) is 6. The molecule has 33 heavy (non-hydrogen) atoms. The van der Waals surface area contributed by atoms with Crippen molar-refractivity contribution in [2.45, 2.75) is 90.8 Å². The third kappa shape index (κ3) is 5.44. The molecule has 0 aromatic rings. The molecular formula is C27H36O6. The third-order valence-electron chi connectivity index (χ3n) is 7.13. The van der Waals surface area contributed by atoms with Crippen LogP contribution < -0.4 is 0 Å². The average molecular weight is 457 g/mol. The fraction of sp³-hybridized carbons (Fsp3) is 0.593. The lowest BCUT2D eigenvalue weighted by Gasteiger charge is -2.38. The van der Waals surface area contributed by atoms with Gasteiger partial charge in [-0.15, -0.1) is 0 Å². The lowest BCUT2D eigenvalue weighted by Crippen LogP contribution is -2.47. The fourth-order valence-corrected chi connectivity index (χ4v) is 4.93. The van der Waals surface area contributed by atoms with Crippen LogP contribution in [0, 0.1) is 11.8 Å². The van der Waals surface area contributed by atoms with Crippen molar-refractivity contribution < 1.29 is 29.3 Å². The number of Topliss-reactive ketones (excluding diaryl/α,β-unsaturated/α-hetero) is 2. The predicted molar refractivity (Wildman–Crippen MR) is 125 cm³/mol. The number of aliphatic hydroxyl groups is 2. The standard InChI is InChI=1S/C27H36O6/c1-5-6-7-8-9-16(2)22(29)14-21-20-15-33-24(11-18(20)12-25(31)27(21,4)32)26-17(3)10-19(28)13-23(26)30/h11-12,15-16,19,21,28,32H,5-10,13-14H2,1-4H3/t16-,19-,21-,27+/m0/s1. The van der Waals surface area contributed by atoms with E-state index in [1.807, 2.05) is 6.92 Å². The van der Waals surface area contributed by atoms with E-state index in [1.54, 1.807) is 13.0 Å². The van der Waals surface area contributed by atoms with Gasteiger partial charge in [0.1, 0.15) is 17.1 Å². The normalized spacial score (nSPS) is 28.5. The average Bonchev–Trinajstić information content (AvgIpc) is 2.73. The Morgan fingerprint density at radius 2 is 1.94 bits per heavy atom. The summed E-state index contributed by atoms with van der Waals surface area (Å²) in [5.41, 5.74) is 0.605. The zero-order valence-corrected chi connectivity index (χ0v) is 20.1. The molecule has 180 valence electrons. The van der Waals surface area contributed by atoms with Gasteiger partial charge in [-0.1, -0.05) is 45.1 Å². The second-order valence-corrected chi connectivity index (χ2v) is 9.93. The van der Waals surface area contributed by atoms with E-state index in [0.717, 1.165) is 37.7 Å². The highest BCUT2D eigenvalue weighted by Crippen LogP contribution is 2.43. The van der Waals surface area contributed by atoms with E-state index in [0.29, 0.717) is 28.9 Å². The lowest BCUT2D eigenvalue weighted by atomic mass is 9.69. The SMILES string of the molecule is CCCCCC[C@H](C)C(=O)C[C@H]1C2=COC(C3=C(C)C[C@H](O)CC3=O)=CC2=CC(=O)[C@]1(C)O. The summed E-state index contributed by atoms with van der Waals surface area (Å²) in [6, 6.07) is 0. The molecule has 0 unspecified atom stereocenters. The molecule has 1 aliphatic heterocycles. The minimum absolute atomic E-state index is 0.0245. The van der Waals surface area contributed by atoms with Gasteiger partial charge >= 0.3 is 0 Å². The Labute approximate surface area is 196 Å². The minimum Gasteiger partial charge on any atom is -0.464 e. The first kappa shape index (κ1) is 25.3. The molecule has 0 aromatic heterocycles. The van der Waals surface area contributed by atoms with Crippen molar-refractivity contribution in [1.82, 2.24) is 0 Å². The van der Waals surface area contributed by atoms with Gasteiger partial charge in [0.15, 0.2) is 11.6 Å². The van der Waals surface area contributed by atoms with Gasteiger partial charge in [-0.05, 0) is 44.4 Å². The Bertz CT molecular complexity index is 946. The summed E-state index contributed by atoms with van der Waals surface area (Å²) < 4.78 is 5.82. The topological polar surface area (TPSA) is 101 Å². The van der Waals surface area contributed by atoms with Crippen LogP contribution in [0.4, 0.5) is 0 Å². The molecule has 4 atom stereocenters. The molecule has 0 amide bonds. The summed E-state index contributed by atoms with van der Waals surface area (Å²) in [5.74, 6) is -1.16. The molecule has 2 N–H and O–H groups in total. The largest absolute Gasteiger partial charge is 0.464 e. The fourth-order valence-electron chi connectivity index (χ4n) is 4.93. The van der Waals surface area contributed by atoms with Crippen molar-refractivity contribution in [1.29, 1.82) is 0 Å². The molecular weight excluding hydrogens is 420 g/mol. The van der Waals surface area contributed by atoms with Crippen molar-refractivity contribution in [3.05, 3.63) is 46.5 Å². The van der Waals surface area contributed by atoms with Gasteiger partial charge < -0.3 is 14.9 Å². The Hall–Kier alpha value is -2.31. The van der Waals surface area contributed by atoms with Gasteiger partial charge in [-0.2, -0.15) is 0 Å². The zero-order chi connectivity index (χ0) is 24.3. The van der Waals surface area contributed by atoms with Crippen LogP contribution >= 0.6 is 0 Å². The molecule has 2 aliphatic carbocycles. The summed E-state index contributed by atoms with van der Waals surface area (Å²) in [7, 11) is 0. The zero-order valence-electron chi connectivity index (χ0n) is 20.1. The Balaban J connectivity index is 1.82. The summed E-state index contributed by atoms with van der Waals surface area (Å²) in [6.45, 7) is 7.29. The van der Waals surface area contributed by atoms with E-state index in [4.69, 9.17) is 4.74 Å². The molecule has 0 radical (unpaired) electrons. The Morgan fingerprint density at radius 1 is 1.21 bits per heavy atom. The highest BCUT2D eigenvalue weighted by Gasteiger charge is 2.46. The summed E-state index contributed by atoms with van der Waals surface area (Å²) in [6.07, 6.45) is 9.41. The number of hydrogen-bond donors (Lipinski definition) is 2. The van der Waals surface area contributed by atoms with Gasteiger partial charge in [-0.3, -0.25) is 14.4 Å². The molecule has 3 rings (SSSR count). The number of ether oxygens (including phenoxy) is 1. The number of fused-ring (bicyclic) bond motifs is 1. The van der Waals surface area contributed by atoms with Crippen LogP contribution in [0.25, 0.3) is 0 Å². The summed E-state index contributed by atoms with van der Waals surface area (Å²) in [5, 5.41) is 20.8. The van der Waals surface area contributed by atoms with Gasteiger partial charge in [0, 0.05) is 30.3 Å². The van der Waals surface area contributed by atoms with Crippen molar-refractivity contribution in [2.24, 2.45) is 11.8 Å². The second-order valence-electron chi connectivity index (χ2n) is 9.93. The molecule has 0 aromatic carbocycles. The maximum Gasteiger partial charge on any atom is 0.188 e. The second kappa shape index (κ2) is 10.3. The highest BCUT2D eigenvalue weighted by atomic mass is 16.5. The molecule has 0 saturated heterocycles. The van der Waals surface area contributed by atoms with Gasteiger partial charge in [0.2, 0.25) is 0 Å². The van der Waals surface area contributed by atoms with Crippen LogP contribution in [0.3, 0.4) is 0 Å². The van der Waals surface area contributed by atoms with E-state index < -0.39 is 23.4 Å². The van der Waals surface area contributed by atoms with Crippen molar-refractivity contribution >= 4 is 17.3 Å². The predicted octanol–water partition coefficient (Wildman–Crippen LogP) is 4.27. The monoisotopic (exact) mass is 456 g/mol. The first-order valence-electron chi connectivity index (χ1n) is 12.1. The lowest BCUT2D eigenvalue weighted by molar-refractivity contribution is -0.137. The van der Waals surface area contributed by atoms with E-state index in [9.17, 15) is 24.6 Å². The van der Waals surface area contributed by atoms with Gasteiger partial charge in [0.25, 0.3) is 0 Å². The van der Waals surface area contributed by atoms with E-state index in [1.165, 1.54) is 19.3 Å². The third-order valence-corrected chi connectivity index (χ3v) is 7.13. The van der Waals surface area contributed by atoms with Crippen LogP contribution in [0.2, 0.25) is 0 Å². The number of rotatable bonds is 9. The number of carbonyl (C=O) groups is 3.